The van der Waals surface area contributed by atoms with Gasteiger partial charge in [0.15, 0.2) is 5.60 Å². The molecule has 0 saturated carbocycles. The third-order valence-electron chi connectivity index (χ3n) is 5.02. The van der Waals surface area contributed by atoms with Gasteiger partial charge >= 0.3 is 5.97 Å². The number of carbonyl (C=O) groups excluding carboxylic acids is 1. The summed E-state index contributed by atoms with van der Waals surface area (Å²) in [5.74, 6) is -0.581. The number of hydrogen-bond donors (Lipinski definition) is 0. The van der Waals surface area contributed by atoms with Gasteiger partial charge in [-0.05, 0) is 44.2 Å². The largest absolute Gasteiger partial charge is 0.467 e. The van der Waals surface area contributed by atoms with Crippen LogP contribution in [0.1, 0.15) is 19.5 Å². The van der Waals surface area contributed by atoms with Crippen molar-refractivity contribution in [3.05, 3.63) is 65.6 Å². The van der Waals surface area contributed by atoms with Gasteiger partial charge in [-0.25, -0.2) is 22.2 Å². The van der Waals surface area contributed by atoms with Gasteiger partial charge in [-0.15, -0.1) is 0 Å². The molecule has 0 unspecified atom stereocenters. The molecule has 3 aromatic heterocycles. The Bertz CT molecular complexity index is 1440. The van der Waals surface area contributed by atoms with Crippen molar-refractivity contribution in [3.8, 4) is 0 Å². The molecule has 166 valence electrons. The zero-order valence-corrected chi connectivity index (χ0v) is 19.1. The summed E-state index contributed by atoms with van der Waals surface area (Å²) in [7, 11) is -2.85. The van der Waals surface area contributed by atoms with Crippen LogP contribution in [0.15, 0.2) is 59.6 Å². The first-order chi connectivity index (χ1) is 15.1. The fraction of sp³-hybridized carbons (Fsp3) is 0.227. The topological polar surface area (TPSA) is 100 Å². The van der Waals surface area contributed by atoms with E-state index in [9.17, 15) is 13.2 Å². The van der Waals surface area contributed by atoms with E-state index in [0.29, 0.717) is 21.9 Å². The molecule has 8 nitrogen and oxygen atoms in total. The Morgan fingerprint density at radius 1 is 1.16 bits per heavy atom. The Hall–Kier alpha value is -3.01. The molecule has 4 aromatic rings. The molecular weight excluding hydrogens is 454 g/mol. The Labute approximate surface area is 189 Å². The van der Waals surface area contributed by atoms with Crippen LogP contribution >= 0.6 is 11.6 Å². The second-order valence-electron chi connectivity index (χ2n) is 7.57. The molecule has 0 N–H and O–H groups in total. The van der Waals surface area contributed by atoms with Crippen molar-refractivity contribution >= 4 is 49.5 Å². The lowest BCUT2D eigenvalue weighted by Gasteiger charge is -2.22. The quantitative estimate of drug-likeness (QED) is 0.309. The van der Waals surface area contributed by atoms with Gasteiger partial charge in [0.2, 0.25) is 0 Å². The van der Waals surface area contributed by atoms with E-state index in [1.54, 1.807) is 56.4 Å². The van der Waals surface area contributed by atoms with E-state index in [2.05, 4.69) is 9.97 Å². The Morgan fingerprint density at radius 3 is 2.66 bits per heavy atom. The summed E-state index contributed by atoms with van der Waals surface area (Å²) in [6.45, 7) is 2.90. The minimum absolute atomic E-state index is 0.0385. The SMILES string of the molecule is COC(=O)C(C)(C)OCc1cc2nc(Cl)ccc2n1S(=O)(=O)c1cccc2cccnc12. The van der Waals surface area contributed by atoms with Crippen molar-refractivity contribution in [1.82, 2.24) is 13.9 Å². The van der Waals surface area contributed by atoms with Crippen LogP contribution in [0.25, 0.3) is 21.9 Å². The maximum atomic E-state index is 13.9. The fourth-order valence-electron chi connectivity index (χ4n) is 3.42. The predicted octanol–water partition coefficient (Wildman–Crippen LogP) is 3.94. The van der Waals surface area contributed by atoms with E-state index < -0.39 is 21.6 Å². The third kappa shape index (κ3) is 3.83. The normalized spacial score (nSPS) is 12.4. The molecule has 3 heterocycles. The molecule has 0 saturated heterocycles. The number of nitrogens with zero attached hydrogens (tertiary/aromatic N) is 3. The Morgan fingerprint density at radius 2 is 1.91 bits per heavy atom. The third-order valence-corrected chi connectivity index (χ3v) is 7.03. The lowest BCUT2D eigenvalue weighted by Crippen LogP contribution is -2.36. The highest BCUT2D eigenvalue weighted by Crippen LogP contribution is 2.30. The molecule has 1 aromatic carbocycles. The summed E-state index contributed by atoms with van der Waals surface area (Å²) in [6.07, 6.45) is 1.54. The van der Waals surface area contributed by atoms with Crippen LogP contribution in [0.4, 0.5) is 0 Å². The first kappa shape index (κ1) is 22.2. The summed E-state index contributed by atoms with van der Waals surface area (Å²) >= 11 is 6.03. The average molecular weight is 474 g/mol. The van der Waals surface area contributed by atoms with Crippen molar-refractivity contribution in [2.75, 3.05) is 7.11 Å². The Kier molecular flexibility index (Phi) is 5.66. The number of ether oxygens (including phenoxy) is 2. The molecule has 0 aliphatic carbocycles. The van der Waals surface area contributed by atoms with E-state index >= 15 is 0 Å². The highest BCUT2D eigenvalue weighted by atomic mass is 35.5. The summed E-state index contributed by atoms with van der Waals surface area (Å²) in [6, 6.07) is 13.2. The maximum Gasteiger partial charge on any atom is 0.337 e. The molecule has 4 rings (SSSR count). The van der Waals surface area contributed by atoms with Crippen molar-refractivity contribution < 1.29 is 22.7 Å². The molecule has 0 bridgehead atoms. The Balaban J connectivity index is 1.90. The van der Waals surface area contributed by atoms with Gasteiger partial charge in [-0.3, -0.25) is 4.98 Å². The number of esters is 1. The van der Waals surface area contributed by atoms with Gasteiger partial charge in [0.05, 0.1) is 36.0 Å². The number of benzene rings is 1. The molecule has 0 spiro atoms. The van der Waals surface area contributed by atoms with Crippen LogP contribution in [0.5, 0.6) is 0 Å². The number of pyridine rings is 2. The van der Waals surface area contributed by atoms with Crippen LogP contribution in [-0.2, 0) is 30.9 Å². The predicted molar refractivity (Wildman–Crippen MR) is 120 cm³/mol. The number of fused-ring (bicyclic) bond motifs is 2. The molecule has 0 aliphatic heterocycles. The van der Waals surface area contributed by atoms with Crippen molar-refractivity contribution in [1.29, 1.82) is 0 Å². The number of para-hydroxylation sites is 1. The van der Waals surface area contributed by atoms with Crippen molar-refractivity contribution in [3.63, 3.8) is 0 Å². The minimum Gasteiger partial charge on any atom is -0.467 e. The smallest absolute Gasteiger partial charge is 0.337 e. The second kappa shape index (κ2) is 8.16. The number of aromatic nitrogens is 3. The highest BCUT2D eigenvalue weighted by Gasteiger charge is 2.32. The van der Waals surface area contributed by atoms with Crippen LogP contribution in [0, 0.1) is 0 Å². The zero-order valence-electron chi connectivity index (χ0n) is 17.6. The van der Waals surface area contributed by atoms with E-state index in [0.717, 1.165) is 3.97 Å². The lowest BCUT2D eigenvalue weighted by molar-refractivity contribution is -0.166. The van der Waals surface area contributed by atoms with Gasteiger partial charge < -0.3 is 9.47 Å². The van der Waals surface area contributed by atoms with E-state index in [4.69, 9.17) is 21.1 Å². The van der Waals surface area contributed by atoms with E-state index in [1.165, 1.54) is 19.2 Å². The van der Waals surface area contributed by atoms with Gasteiger partial charge in [0, 0.05) is 11.6 Å². The molecule has 0 fully saturated rings. The van der Waals surface area contributed by atoms with Crippen molar-refractivity contribution in [2.24, 2.45) is 0 Å². The molecule has 0 atom stereocenters. The van der Waals surface area contributed by atoms with E-state index in [-0.39, 0.29) is 22.3 Å². The summed E-state index contributed by atoms with van der Waals surface area (Å²) in [4.78, 5) is 20.6. The van der Waals surface area contributed by atoms with Crippen LogP contribution in [-0.4, -0.2) is 41.0 Å². The fourth-order valence-corrected chi connectivity index (χ4v) is 5.26. The highest BCUT2D eigenvalue weighted by molar-refractivity contribution is 7.90. The average Bonchev–Trinajstić information content (AvgIpc) is 3.15. The van der Waals surface area contributed by atoms with Crippen LogP contribution < -0.4 is 0 Å². The summed E-state index contributed by atoms with van der Waals surface area (Å²) in [5.41, 5.74) is 0.0482. The summed E-state index contributed by atoms with van der Waals surface area (Å²) < 4.78 is 39.4. The van der Waals surface area contributed by atoms with Gasteiger partial charge in [0.25, 0.3) is 10.0 Å². The minimum atomic E-state index is -4.11. The maximum absolute atomic E-state index is 13.9. The molecule has 0 amide bonds. The number of rotatable bonds is 6. The first-order valence-electron chi connectivity index (χ1n) is 9.64. The van der Waals surface area contributed by atoms with Gasteiger partial charge in [0.1, 0.15) is 10.0 Å². The van der Waals surface area contributed by atoms with Crippen molar-refractivity contribution in [2.45, 2.75) is 31.0 Å². The number of methoxy groups -OCH3 is 1. The monoisotopic (exact) mass is 473 g/mol. The number of hydrogen-bond acceptors (Lipinski definition) is 7. The van der Waals surface area contributed by atoms with Gasteiger partial charge in [-0.2, -0.15) is 0 Å². The molecular formula is C22H20ClN3O5S. The molecule has 0 radical (unpaired) electrons. The molecule has 0 aliphatic rings. The number of halogens is 1. The lowest BCUT2D eigenvalue weighted by atomic mass is 10.1. The van der Waals surface area contributed by atoms with Crippen LogP contribution in [0.2, 0.25) is 5.15 Å². The van der Waals surface area contributed by atoms with Crippen LogP contribution in [0.3, 0.4) is 0 Å². The zero-order chi connectivity index (χ0) is 23.1. The second-order valence-corrected chi connectivity index (χ2v) is 9.71. The number of carbonyl (C=O) groups is 1. The molecule has 10 heteroatoms. The van der Waals surface area contributed by atoms with E-state index in [1.807, 2.05) is 0 Å². The van der Waals surface area contributed by atoms with Gasteiger partial charge in [-0.1, -0.05) is 29.8 Å². The summed E-state index contributed by atoms with van der Waals surface area (Å²) in [5, 5.41) is 0.914. The first-order valence-corrected chi connectivity index (χ1v) is 11.5. The molecule has 32 heavy (non-hydrogen) atoms. The standard InChI is InChI=1S/C22H20ClN3O5S/c1-22(2,21(27)30-3)31-13-15-12-16-17(9-10-19(23)25-16)26(15)32(28,29)18-8-4-6-14-7-5-11-24-20(14)18/h4-12H,13H2,1-3H3.